The first-order valence-electron chi connectivity index (χ1n) is 5.13. The molecule has 14 heavy (non-hydrogen) atoms. The lowest BCUT2D eigenvalue weighted by atomic mass is 9.96. The van der Waals surface area contributed by atoms with Crippen LogP contribution in [0.2, 0.25) is 19.6 Å². The molecule has 0 spiro atoms. The minimum Gasteiger partial charge on any atom is -0.399 e. The highest BCUT2D eigenvalue weighted by atomic mass is 32.2. The summed E-state index contributed by atoms with van der Waals surface area (Å²) < 4.78 is 6.08. The van der Waals surface area contributed by atoms with Gasteiger partial charge < -0.3 is 4.43 Å². The highest BCUT2D eigenvalue weighted by molar-refractivity contribution is 8.00. The van der Waals surface area contributed by atoms with Crippen molar-refractivity contribution in [2.75, 3.05) is 5.75 Å². The Morgan fingerprint density at radius 2 is 2.14 bits per heavy atom. The SMILES string of the molecule is CC1SCCCC1(C#N)O[Si](C)(C)C. The monoisotopic (exact) mass is 229 g/mol. The molecule has 1 aliphatic rings. The minimum absolute atomic E-state index is 0.313. The third kappa shape index (κ3) is 2.75. The Labute approximate surface area is 92.2 Å². The first-order valence-corrected chi connectivity index (χ1v) is 9.58. The van der Waals surface area contributed by atoms with E-state index in [2.05, 4.69) is 32.6 Å². The number of nitrogens with zero attached hydrogens (tertiary/aromatic N) is 1. The zero-order valence-corrected chi connectivity index (χ0v) is 11.3. The Morgan fingerprint density at radius 3 is 2.57 bits per heavy atom. The van der Waals surface area contributed by atoms with Crippen LogP contribution in [0.4, 0.5) is 0 Å². The maximum absolute atomic E-state index is 9.31. The van der Waals surface area contributed by atoms with Crippen LogP contribution in [0.25, 0.3) is 0 Å². The van der Waals surface area contributed by atoms with Crippen LogP contribution in [0.5, 0.6) is 0 Å². The average Bonchev–Trinajstić information content (AvgIpc) is 2.07. The molecule has 80 valence electrons. The number of rotatable bonds is 2. The van der Waals surface area contributed by atoms with E-state index in [0.717, 1.165) is 12.8 Å². The molecule has 2 unspecified atom stereocenters. The van der Waals surface area contributed by atoms with Crippen LogP contribution in [0.1, 0.15) is 19.8 Å². The predicted octanol–water partition coefficient (Wildman–Crippen LogP) is 3.02. The first-order chi connectivity index (χ1) is 6.40. The second-order valence-corrected chi connectivity index (χ2v) is 10.7. The third-order valence-electron chi connectivity index (χ3n) is 2.39. The van der Waals surface area contributed by atoms with Gasteiger partial charge in [-0.25, -0.2) is 0 Å². The quantitative estimate of drug-likeness (QED) is 0.682. The van der Waals surface area contributed by atoms with E-state index in [1.54, 1.807) is 0 Å². The molecule has 0 aromatic carbocycles. The molecule has 1 aliphatic heterocycles. The highest BCUT2D eigenvalue weighted by Gasteiger charge is 2.43. The van der Waals surface area contributed by atoms with Gasteiger partial charge in [0.05, 0.1) is 6.07 Å². The predicted molar refractivity (Wildman–Crippen MR) is 63.9 cm³/mol. The van der Waals surface area contributed by atoms with Crippen LogP contribution in [-0.2, 0) is 4.43 Å². The average molecular weight is 229 g/mol. The van der Waals surface area contributed by atoms with Crippen molar-refractivity contribution in [1.82, 2.24) is 0 Å². The summed E-state index contributed by atoms with van der Waals surface area (Å²) >= 11 is 1.86. The standard InChI is InChI=1S/C10H19NOSSi/c1-9-10(8-11,6-5-7-13-9)12-14(2,3)4/h9H,5-7H2,1-4H3. The van der Waals surface area contributed by atoms with Gasteiger partial charge in [-0.1, -0.05) is 0 Å². The van der Waals surface area contributed by atoms with E-state index in [-0.39, 0.29) is 0 Å². The van der Waals surface area contributed by atoms with Crippen LogP contribution in [0.15, 0.2) is 0 Å². The largest absolute Gasteiger partial charge is 0.399 e. The van der Waals surface area contributed by atoms with Gasteiger partial charge in [0, 0.05) is 5.25 Å². The van der Waals surface area contributed by atoms with Crippen LogP contribution in [-0.4, -0.2) is 24.9 Å². The van der Waals surface area contributed by atoms with E-state index in [1.165, 1.54) is 5.75 Å². The van der Waals surface area contributed by atoms with E-state index >= 15 is 0 Å². The van der Waals surface area contributed by atoms with Crippen LogP contribution >= 0.6 is 11.8 Å². The molecule has 1 rings (SSSR count). The molecule has 0 N–H and O–H groups in total. The lowest BCUT2D eigenvalue weighted by molar-refractivity contribution is 0.107. The Morgan fingerprint density at radius 1 is 1.50 bits per heavy atom. The van der Waals surface area contributed by atoms with E-state index in [0.29, 0.717) is 5.25 Å². The molecule has 0 saturated carbocycles. The molecule has 2 atom stereocenters. The Kier molecular flexibility index (Phi) is 3.67. The summed E-state index contributed by atoms with van der Waals surface area (Å²) in [7, 11) is -1.62. The molecule has 1 heterocycles. The van der Waals surface area contributed by atoms with Crippen molar-refractivity contribution < 1.29 is 4.43 Å². The van der Waals surface area contributed by atoms with Crippen LogP contribution in [0, 0.1) is 11.3 Å². The molecular formula is C10H19NOSSi. The van der Waals surface area contributed by atoms with Gasteiger partial charge in [0.2, 0.25) is 0 Å². The van der Waals surface area contributed by atoms with Crippen molar-refractivity contribution in [3.05, 3.63) is 0 Å². The van der Waals surface area contributed by atoms with Crippen molar-refractivity contribution in [2.24, 2.45) is 0 Å². The fourth-order valence-electron chi connectivity index (χ4n) is 1.78. The topological polar surface area (TPSA) is 33.0 Å². The fourth-order valence-corrected chi connectivity index (χ4v) is 4.44. The van der Waals surface area contributed by atoms with Gasteiger partial charge in [0.15, 0.2) is 13.9 Å². The van der Waals surface area contributed by atoms with Gasteiger partial charge in [-0.2, -0.15) is 17.0 Å². The van der Waals surface area contributed by atoms with Crippen molar-refractivity contribution in [3.8, 4) is 6.07 Å². The van der Waals surface area contributed by atoms with E-state index in [9.17, 15) is 5.26 Å². The van der Waals surface area contributed by atoms with E-state index < -0.39 is 13.9 Å². The van der Waals surface area contributed by atoms with Crippen LogP contribution < -0.4 is 0 Å². The maximum atomic E-state index is 9.31. The first kappa shape index (κ1) is 12.1. The normalized spacial score (nSPS) is 33.8. The number of hydrogen-bond donors (Lipinski definition) is 0. The molecule has 0 aromatic rings. The summed E-state index contributed by atoms with van der Waals surface area (Å²) in [5.41, 5.74) is -0.507. The summed E-state index contributed by atoms with van der Waals surface area (Å²) in [6, 6.07) is 2.42. The lowest BCUT2D eigenvalue weighted by Gasteiger charge is -2.40. The molecule has 1 fully saturated rings. The van der Waals surface area contributed by atoms with E-state index in [1.807, 2.05) is 11.8 Å². The zero-order chi connectivity index (χ0) is 10.8. The van der Waals surface area contributed by atoms with E-state index in [4.69, 9.17) is 4.43 Å². The third-order valence-corrected chi connectivity index (χ3v) is 4.78. The van der Waals surface area contributed by atoms with Crippen LogP contribution in [0.3, 0.4) is 0 Å². The summed E-state index contributed by atoms with van der Waals surface area (Å²) in [6.45, 7) is 8.57. The minimum atomic E-state index is -1.62. The van der Waals surface area contributed by atoms with Crippen molar-refractivity contribution in [1.29, 1.82) is 5.26 Å². The van der Waals surface area contributed by atoms with Crippen molar-refractivity contribution in [2.45, 2.75) is 50.3 Å². The second-order valence-electron chi connectivity index (χ2n) is 4.83. The molecule has 0 aliphatic carbocycles. The summed E-state index contributed by atoms with van der Waals surface area (Å²) in [4.78, 5) is 0. The Hall–Kier alpha value is 0.0169. The number of hydrogen-bond acceptors (Lipinski definition) is 3. The highest BCUT2D eigenvalue weighted by Crippen LogP contribution is 2.38. The molecule has 0 bridgehead atoms. The van der Waals surface area contributed by atoms with Gasteiger partial charge in [-0.05, 0) is 45.2 Å². The molecule has 0 radical (unpaired) electrons. The lowest BCUT2D eigenvalue weighted by Crippen LogP contribution is -2.49. The van der Waals surface area contributed by atoms with Crippen molar-refractivity contribution in [3.63, 3.8) is 0 Å². The molecule has 0 amide bonds. The number of nitriles is 1. The summed E-state index contributed by atoms with van der Waals surface area (Å²) in [5, 5.41) is 9.62. The van der Waals surface area contributed by atoms with Gasteiger partial charge in [0.25, 0.3) is 0 Å². The summed E-state index contributed by atoms with van der Waals surface area (Å²) in [5.74, 6) is 1.17. The molecule has 2 nitrogen and oxygen atoms in total. The molecule has 4 heteroatoms. The molecule has 1 saturated heterocycles. The summed E-state index contributed by atoms with van der Waals surface area (Å²) in [6.07, 6.45) is 2.01. The Bertz CT molecular complexity index is 245. The van der Waals surface area contributed by atoms with Gasteiger partial charge in [-0.3, -0.25) is 0 Å². The maximum Gasteiger partial charge on any atom is 0.185 e. The van der Waals surface area contributed by atoms with Gasteiger partial charge >= 0.3 is 0 Å². The van der Waals surface area contributed by atoms with Gasteiger partial charge in [0.1, 0.15) is 0 Å². The smallest absolute Gasteiger partial charge is 0.185 e. The zero-order valence-electron chi connectivity index (χ0n) is 9.46. The Balaban J connectivity index is 2.80. The fraction of sp³-hybridized carbons (Fsp3) is 0.900. The molecule has 0 aromatic heterocycles. The van der Waals surface area contributed by atoms with Gasteiger partial charge in [-0.15, -0.1) is 0 Å². The van der Waals surface area contributed by atoms with Crippen molar-refractivity contribution >= 4 is 20.1 Å². The number of thioether (sulfide) groups is 1. The second kappa shape index (κ2) is 4.26. The molecular weight excluding hydrogens is 210 g/mol.